The van der Waals surface area contributed by atoms with Gasteiger partial charge in [0.1, 0.15) is 6.54 Å². The van der Waals surface area contributed by atoms with Crippen molar-refractivity contribution < 1.29 is 4.79 Å². The summed E-state index contributed by atoms with van der Waals surface area (Å²) in [5.41, 5.74) is 1.56. The second-order valence-corrected chi connectivity index (χ2v) is 8.42. The molecule has 0 bridgehead atoms. The van der Waals surface area contributed by atoms with Gasteiger partial charge in [-0.1, -0.05) is 30.3 Å². The third kappa shape index (κ3) is 4.53. The minimum atomic E-state index is -0.0265. The molecule has 1 aromatic heterocycles. The second-order valence-electron chi connectivity index (χ2n) is 8.42. The van der Waals surface area contributed by atoms with Gasteiger partial charge in [0.25, 0.3) is 0 Å². The number of carbonyl (C=O) groups is 1. The van der Waals surface area contributed by atoms with Gasteiger partial charge in [0.2, 0.25) is 5.91 Å². The Balaban J connectivity index is 1.39. The van der Waals surface area contributed by atoms with Gasteiger partial charge in [0.05, 0.1) is 0 Å². The highest BCUT2D eigenvalue weighted by atomic mass is 16.2. The summed E-state index contributed by atoms with van der Waals surface area (Å²) in [5, 5.41) is 0. The Kier molecular flexibility index (Phi) is 5.62. The van der Waals surface area contributed by atoms with E-state index in [1.807, 2.05) is 4.90 Å². The van der Waals surface area contributed by atoms with Crippen LogP contribution in [-0.2, 0) is 17.9 Å². The number of nitrogens with zero attached hydrogens (tertiary/aromatic N) is 3. The van der Waals surface area contributed by atoms with Gasteiger partial charge >= 0.3 is 0 Å². The number of likely N-dealkylation sites (tertiary alicyclic amines) is 2. The summed E-state index contributed by atoms with van der Waals surface area (Å²) in [6, 6.07) is 13.7. The Morgan fingerprint density at radius 1 is 0.929 bits per heavy atom. The van der Waals surface area contributed by atoms with Crippen LogP contribution in [0, 0.1) is 5.41 Å². The fourth-order valence-electron chi connectivity index (χ4n) is 4.85. The fourth-order valence-corrected chi connectivity index (χ4v) is 4.85. The molecule has 0 radical (unpaired) electrons. The van der Waals surface area contributed by atoms with Crippen LogP contribution in [0.25, 0.3) is 0 Å². The molecule has 3 heterocycles. The normalized spacial score (nSPS) is 23.1. The maximum atomic E-state index is 12.9. The molecule has 2 aliphatic heterocycles. The smallest absolute Gasteiger partial charge is 0.242 e. The zero-order valence-corrected chi connectivity index (χ0v) is 16.4. The standard InChI is InChI=1S/C23H29N3O2/c27-21-8-14-24(15-9-21)17-22(28)26-13-5-11-23(19-26)10-4-12-25(18-23)16-20-6-2-1-3-7-20/h1-3,6-9,14-15H,4-5,10-13,16-19H2. The molecule has 4 rings (SSSR count). The van der Waals surface area contributed by atoms with Crippen molar-refractivity contribution in [1.29, 1.82) is 0 Å². The van der Waals surface area contributed by atoms with Crippen LogP contribution in [0.5, 0.6) is 0 Å². The molecule has 1 unspecified atom stereocenters. The van der Waals surface area contributed by atoms with Gasteiger partial charge in [-0.05, 0) is 37.8 Å². The van der Waals surface area contributed by atoms with Gasteiger partial charge in [0.15, 0.2) is 5.43 Å². The number of hydrogen-bond donors (Lipinski definition) is 0. The van der Waals surface area contributed by atoms with Crippen LogP contribution in [0.3, 0.4) is 0 Å². The highest BCUT2D eigenvalue weighted by molar-refractivity contribution is 5.76. The van der Waals surface area contributed by atoms with Crippen LogP contribution in [0.15, 0.2) is 59.7 Å². The lowest BCUT2D eigenvalue weighted by Crippen LogP contribution is -2.53. The SMILES string of the molecule is O=C(Cn1ccc(=O)cc1)N1CCCC2(CCCN(Cc3ccccc3)C2)C1. The Hall–Kier alpha value is -2.40. The first-order chi connectivity index (χ1) is 13.6. The van der Waals surface area contributed by atoms with Crippen molar-refractivity contribution in [3.63, 3.8) is 0 Å². The first-order valence-corrected chi connectivity index (χ1v) is 10.3. The van der Waals surface area contributed by atoms with E-state index in [1.165, 1.54) is 37.0 Å². The van der Waals surface area contributed by atoms with Crippen molar-refractivity contribution in [3.05, 3.63) is 70.6 Å². The van der Waals surface area contributed by atoms with Gasteiger partial charge in [0, 0.05) is 56.1 Å². The van der Waals surface area contributed by atoms with E-state index in [1.54, 1.807) is 17.0 Å². The van der Waals surface area contributed by atoms with Gasteiger partial charge < -0.3 is 9.47 Å². The fraction of sp³-hybridized carbons (Fsp3) is 0.478. The molecule has 1 aromatic carbocycles. The van der Waals surface area contributed by atoms with Gasteiger partial charge in [-0.25, -0.2) is 0 Å². The molecule has 5 heteroatoms. The lowest BCUT2D eigenvalue weighted by atomic mass is 9.73. The summed E-state index contributed by atoms with van der Waals surface area (Å²) < 4.78 is 1.80. The van der Waals surface area contributed by atoms with Gasteiger partial charge in [-0.3, -0.25) is 14.5 Å². The summed E-state index contributed by atoms with van der Waals surface area (Å²) in [5.74, 6) is 0.155. The van der Waals surface area contributed by atoms with Crippen molar-refractivity contribution in [3.8, 4) is 0 Å². The molecular weight excluding hydrogens is 350 g/mol. The monoisotopic (exact) mass is 379 g/mol. The second kappa shape index (κ2) is 8.31. The third-order valence-corrected chi connectivity index (χ3v) is 6.18. The zero-order valence-electron chi connectivity index (χ0n) is 16.4. The van der Waals surface area contributed by atoms with E-state index >= 15 is 0 Å². The average molecular weight is 380 g/mol. The Labute approximate surface area is 166 Å². The highest BCUT2D eigenvalue weighted by Gasteiger charge is 2.40. The van der Waals surface area contributed by atoms with Crippen LogP contribution in [0.2, 0.25) is 0 Å². The highest BCUT2D eigenvalue weighted by Crippen LogP contribution is 2.39. The topological polar surface area (TPSA) is 45.6 Å². The quantitative estimate of drug-likeness (QED) is 0.821. The first-order valence-electron chi connectivity index (χ1n) is 10.3. The maximum Gasteiger partial charge on any atom is 0.242 e. The van der Waals surface area contributed by atoms with Crippen molar-refractivity contribution in [1.82, 2.24) is 14.4 Å². The lowest BCUT2D eigenvalue weighted by Gasteiger charge is -2.48. The van der Waals surface area contributed by atoms with E-state index in [0.29, 0.717) is 6.54 Å². The number of benzene rings is 1. The average Bonchev–Trinajstić information content (AvgIpc) is 2.71. The van der Waals surface area contributed by atoms with Crippen molar-refractivity contribution in [2.45, 2.75) is 38.8 Å². The predicted molar refractivity (Wildman–Crippen MR) is 110 cm³/mol. The Morgan fingerprint density at radius 2 is 1.64 bits per heavy atom. The van der Waals surface area contributed by atoms with E-state index in [4.69, 9.17) is 0 Å². The number of amides is 1. The van der Waals surface area contributed by atoms with Crippen LogP contribution < -0.4 is 5.43 Å². The van der Waals surface area contributed by atoms with Crippen LogP contribution >= 0.6 is 0 Å². The van der Waals surface area contributed by atoms with Crippen LogP contribution in [-0.4, -0.2) is 46.5 Å². The van der Waals surface area contributed by atoms with Gasteiger partial charge in [-0.15, -0.1) is 0 Å². The number of hydrogen-bond acceptors (Lipinski definition) is 3. The van der Waals surface area contributed by atoms with E-state index < -0.39 is 0 Å². The Bertz CT molecular complexity index is 839. The molecule has 2 saturated heterocycles. The summed E-state index contributed by atoms with van der Waals surface area (Å²) in [4.78, 5) is 28.7. The number of aromatic nitrogens is 1. The third-order valence-electron chi connectivity index (χ3n) is 6.18. The van der Waals surface area contributed by atoms with Crippen LogP contribution in [0.4, 0.5) is 0 Å². The molecule has 1 atom stereocenters. The lowest BCUT2D eigenvalue weighted by molar-refractivity contribution is -0.136. The number of pyridine rings is 1. The summed E-state index contributed by atoms with van der Waals surface area (Å²) >= 11 is 0. The summed E-state index contributed by atoms with van der Waals surface area (Å²) in [7, 11) is 0. The molecule has 1 spiro atoms. The van der Waals surface area contributed by atoms with E-state index in [-0.39, 0.29) is 16.8 Å². The molecule has 2 aliphatic rings. The number of carbonyl (C=O) groups excluding carboxylic acids is 1. The molecule has 2 fully saturated rings. The molecule has 28 heavy (non-hydrogen) atoms. The first kappa shape index (κ1) is 18.9. The molecule has 148 valence electrons. The molecule has 0 aliphatic carbocycles. The summed E-state index contributed by atoms with van der Waals surface area (Å²) in [6.45, 7) is 5.22. The number of piperidine rings is 2. The zero-order chi connectivity index (χ0) is 19.4. The minimum Gasteiger partial charge on any atom is -0.345 e. The van der Waals surface area contributed by atoms with Crippen molar-refractivity contribution in [2.24, 2.45) is 5.41 Å². The van der Waals surface area contributed by atoms with E-state index in [2.05, 4.69) is 35.2 Å². The maximum absolute atomic E-state index is 12.9. The minimum absolute atomic E-state index is 0.0265. The van der Waals surface area contributed by atoms with Gasteiger partial charge in [-0.2, -0.15) is 0 Å². The molecule has 2 aromatic rings. The van der Waals surface area contributed by atoms with E-state index in [0.717, 1.165) is 39.1 Å². The number of rotatable bonds is 4. The van der Waals surface area contributed by atoms with Crippen molar-refractivity contribution >= 4 is 5.91 Å². The predicted octanol–water partition coefficient (Wildman–Crippen LogP) is 2.75. The molecular formula is C23H29N3O2. The summed E-state index contributed by atoms with van der Waals surface area (Å²) in [6.07, 6.45) is 8.09. The molecule has 0 N–H and O–H groups in total. The van der Waals surface area contributed by atoms with E-state index in [9.17, 15) is 9.59 Å². The molecule has 1 amide bonds. The van der Waals surface area contributed by atoms with Crippen LogP contribution in [0.1, 0.15) is 31.2 Å². The molecule has 0 saturated carbocycles. The largest absolute Gasteiger partial charge is 0.345 e. The Morgan fingerprint density at radius 3 is 2.39 bits per heavy atom. The molecule has 5 nitrogen and oxygen atoms in total. The van der Waals surface area contributed by atoms with Crippen molar-refractivity contribution in [2.75, 3.05) is 26.2 Å².